The molecule has 0 aliphatic rings. The molecular formula is C28H76K2MgN4Si4. The molecule has 228 valence electrons. The molecule has 0 fully saturated rings. The standard InChI is InChI=1S/2C6H16N2.4C4H11Si.2K.Mg/c2*1-7(2)5-6-8(3)4;4*1-5(2,3)4;;;/h2*5-6H2,1-4H3;4*1H2,2-4H3;;;/q;;4*-1;2*+1;+2. The molecule has 0 saturated carbocycles. The van der Waals surface area contributed by atoms with E-state index in [9.17, 15) is 0 Å². The molecule has 0 radical (unpaired) electrons. The van der Waals surface area contributed by atoms with Gasteiger partial charge < -0.3 is 45.8 Å². The molecule has 11 heteroatoms. The Hall–Kier alpha value is 4.75. The first-order chi connectivity index (χ1) is 15.3. The summed E-state index contributed by atoms with van der Waals surface area (Å²) < 4.78 is 0. The molecule has 0 amide bonds. The normalized spacial score (nSPS) is 10.8. The molecule has 0 spiro atoms. The van der Waals surface area contributed by atoms with Gasteiger partial charge in [-0.3, -0.25) is 0 Å². The van der Waals surface area contributed by atoms with Crippen molar-refractivity contribution >= 4 is 55.3 Å². The average Bonchev–Trinajstić information content (AvgIpc) is 2.45. The van der Waals surface area contributed by atoms with Gasteiger partial charge in [-0.25, -0.2) is 0 Å². The Balaban J connectivity index is -0.0000000395. The smallest absolute Gasteiger partial charge is 0.342 e. The Morgan fingerprint density at radius 1 is 0.333 bits per heavy atom. The van der Waals surface area contributed by atoms with Crippen LogP contribution in [0.3, 0.4) is 0 Å². The van der Waals surface area contributed by atoms with Crippen molar-refractivity contribution in [2.45, 2.75) is 78.6 Å². The van der Waals surface area contributed by atoms with Crippen LogP contribution in [-0.2, 0) is 0 Å². The number of hydrogen-bond donors (Lipinski definition) is 0. The molecule has 0 aromatic heterocycles. The van der Waals surface area contributed by atoms with E-state index in [4.69, 9.17) is 0 Å². The first-order valence-corrected chi connectivity index (χ1v) is 28.1. The maximum absolute atomic E-state index is 3.91. The van der Waals surface area contributed by atoms with Crippen LogP contribution in [0.5, 0.6) is 0 Å². The van der Waals surface area contributed by atoms with Gasteiger partial charge >= 0.3 is 126 Å². The number of nitrogens with zero attached hydrogens (tertiary/aromatic N) is 4. The largest absolute Gasteiger partial charge is 2.00 e. The number of likely N-dealkylation sites (N-methyl/N-ethyl adjacent to an activating group) is 4. The van der Waals surface area contributed by atoms with Crippen molar-refractivity contribution in [3.63, 3.8) is 0 Å². The van der Waals surface area contributed by atoms with Crippen molar-refractivity contribution in [3.8, 4) is 0 Å². The Morgan fingerprint density at radius 2 is 0.385 bits per heavy atom. The summed E-state index contributed by atoms with van der Waals surface area (Å²) in [4.78, 5) is 8.72. The Labute approximate surface area is 358 Å². The second kappa shape index (κ2) is 37.2. The fourth-order valence-corrected chi connectivity index (χ4v) is 0.800. The van der Waals surface area contributed by atoms with Crippen LogP contribution in [0.4, 0.5) is 0 Å². The summed E-state index contributed by atoms with van der Waals surface area (Å²) in [7, 11) is 13.2. The molecule has 39 heavy (non-hydrogen) atoms. The summed E-state index contributed by atoms with van der Waals surface area (Å²) in [6.07, 6.45) is 0. The third kappa shape index (κ3) is 326. The number of hydrogen-bond acceptors (Lipinski definition) is 4. The van der Waals surface area contributed by atoms with Gasteiger partial charge in [0.2, 0.25) is 0 Å². The minimum Gasteiger partial charge on any atom is -0.342 e. The third-order valence-corrected chi connectivity index (χ3v) is 1.99. The number of rotatable bonds is 6. The van der Waals surface area contributed by atoms with Gasteiger partial charge in [0.25, 0.3) is 0 Å². The van der Waals surface area contributed by atoms with E-state index >= 15 is 0 Å². The molecule has 0 heterocycles. The molecule has 0 aliphatic carbocycles. The summed E-state index contributed by atoms with van der Waals surface area (Å²) in [5.74, 6) is 0. The van der Waals surface area contributed by atoms with Gasteiger partial charge in [-0.05, 0) is 56.4 Å². The van der Waals surface area contributed by atoms with Crippen molar-refractivity contribution in [3.05, 3.63) is 26.2 Å². The van der Waals surface area contributed by atoms with E-state index in [2.05, 4.69) is 181 Å². The van der Waals surface area contributed by atoms with Crippen molar-refractivity contribution in [2.75, 3.05) is 82.6 Å². The Kier molecular flexibility index (Phi) is 63.2. The van der Waals surface area contributed by atoms with Crippen LogP contribution in [0.1, 0.15) is 0 Å². The van der Waals surface area contributed by atoms with Crippen LogP contribution in [0.2, 0.25) is 78.6 Å². The molecule has 0 N–H and O–H groups in total. The van der Waals surface area contributed by atoms with E-state index < -0.39 is 32.3 Å². The summed E-state index contributed by atoms with van der Waals surface area (Å²) in [5, 5.41) is 0. The van der Waals surface area contributed by atoms with E-state index in [0.717, 1.165) is 26.2 Å². The Bertz CT molecular complexity index is 329. The van der Waals surface area contributed by atoms with E-state index in [1.807, 2.05) is 0 Å². The predicted octanol–water partition coefficient (Wildman–Crippen LogP) is 0.638. The second-order valence-electron chi connectivity index (χ2n) is 15.5. The van der Waals surface area contributed by atoms with Crippen LogP contribution in [-0.4, -0.2) is 158 Å². The molecule has 4 nitrogen and oxygen atoms in total. The molecule has 0 aromatic carbocycles. The molecule has 0 unspecified atom stereocenters. The molecule has 0 aromatic rings. The van der Waals surface area contributed by atoms with Gasteiger partial charge in [-0.15, -0.1) is 32.3 Å². The van der Waals surface area contributed by atoms with Crippen molar-refractivity contribution in [1.82, 2.24) is 19.6 Å². The van der Waals surface area contributed by atoms with Gasteiger partial charge in [0.1, 0.15) is 0 Å². The average molecular weight is 684 g/mol. The summed E-state index contributed by atoms with van der Waals surface area (Å²) in [6.45, 7) is 46.8. The first-order valence-electron chi connectivity index (χ1n) is 13.3. The van der Waals surface area contributed by atoms with Crippen molar-refractivity contribution in [2.24, 2.45) is 0 Å². The maximum Gasteiger partial charge on any atom is 2.00 e. The molecule has 0 saturated heterocycles. The summed E-state index contributed by atoms with van der Waals surface area (Å²) >= 11 is 0. The second-order valence-corrected chi connectivity index (χ2v) is 35.9. The van der Waals surface area contributed by atoms with Gasteiger partial charge in [-0.1, -0.05) is 78.6 Å². The zero-order valence-corrected chi connectivity index (χ0v) is 43.8. The minimum atomic E-state index is -0.861. The van der Waals surface area contributed by atoms with Crippen molar-refractivity contribution in [1.29, 1.82) is 0 Å². The van der Waals surface area contributed by atoms with Crippen molar-refractivity contribution < 1.29 is 103 Å². The fraction of sp³-hybridized carbons (Fsp3) is 0.857. The Morgan fingerprint density at radius 3 is 0.410 bits per heavy atom. The summed E-state index contributed by atoms with van der Waals surface area (Å²) in [6, 6.07) is 0. The van der Waals surface area contributed by atoms with Crippen LogP contribution < -0.4 is 103 Å². The van der Waals surface area contributed by atoms with Gasteiger partial charge in [0, 0.05) is 26.2 Å². The fourth-order valence-electron chi connectivity index (χ4n) is 0.800. The molecule has 0 aliphatic heterocycles. The molecule has 0 bridgehead atoms. The van der Waals surface area contributed by atoms with Gasteiger partial charge in [-0.2, -0.15) is 0 Å². The quantitative estimate of drug-likeness (QED) is 0.301. The SMILES string of the molecule is CN(C)CCN(C)C.CN(C)CCN(C)C.[CH2-][Si](C)(C)C.[CH2-][Si](C)(C)C.[CH2-][Si](C)(C)C.[CH2-][Si](C)(C)C.[K+].[K+].[Mg+2]. The zero-order chi connectivity index (χ0) is 31.1. The zero-order valence-electron chi connectivity index (χ0n) is 32.2. The third-order valence-electron chi connectivity index (χ3n) is 1.99. The van der Waals surface area contributed by atoms with E-state index in [-0.39, 0.29) is 126 Å². The predicted molar refractivity (Wildman–Crippen MR) is 195 cm³/mol. The van der Waals surface area contributed by atoms with E-state index in [0.29, 0.717) is 0 Å². The first kappa shape index (κ1) is 66.2. The molecule has 0 atom stereocenters. The maximum atomic E-state index is 3.91. The topological polar surface area (TPSA) is 13.0 Å². The summed E-state index contributed by atoms with van der Waals surface area (Å²) in [5.41, 5.74) is 0. The minimum absolute atomic E-state index is 0. The monoisotopic (exact) mass is 682 g/mol. The molecule has 0 rings (SSSR count). The van der Waals surface area contributed by atoms with Crippen LogP contribution in [0.25, 0.3) is 0 Å². The van der Waals surface area contributed by atoms with E-state index in [1.54, 1.807) is 0 Å². The molecular weight excluding hydrogens is 607 g/mol. The van der Waals surface area contributed by atoms with Crippen LogP contribution in [0, 0.1) is 26.2 Å². The van der Waals surface area contributed by atoms with Crippen LogP contribution in [0.15, 0.2) is 0 Å². The van der Waals surface area contributed by atoms with Gasteiger partial charge in [0.15, 0.2) is 0 Å². The van der Waals surface area contributed by atoms with Crippen LogP contribution >= 0.6 is 0 Å². The van der Waals surface area contributed by atoms with Gasteiger partial charge in [0.05, 0.1) is 0 Å². The van der Waals surface area contributed by atoms with E-state index in [1.165, 1.54) is 0 Å².